The summed E-state index contributed by atoms with van der Waals surface area (Å²) < 4.78 is 34.8. The van der Waals surface area contributed by atoms with Crippen LogP contribution < -0.4 is 0 Å². The largest absolute Gasteiger partial charge is 0.397 e. The summed E-state index contributed by atoms with van der Waals surface area (Å²) in [6, 6.07) is 0. The zero-order valence-electron chi connectivity index (χ0n) is 19.4. The van der Waals surface area contributed by atoms with Crippen LogP contribution >= 0.6 is 0 Å². The molecule has 4 fully saturated rings. The number of fused-ring (bicyclic) bond motifs is 5. The van der Waals surface area contributed by atoms with Crippen molar-refractivity contribution in [3.63, 3.8) is 0 Å². The van der Waals surface area contributed by atoms with Gasteiger partial charge in [0.2, 0.25) is 0 Å². The molecule has 0 unspecified atom stereocenters. The average Bonchev–Trinajstić information content (AvgIpc) is 3.03. The lowest BCUT2D eigenvalue weighted by Crippen LogP contribution is -2.58. The maximum atomic E-state index is 11.3. The summed E-state index contributed by atoms with van der Waals surface area (Å²) in [5.74, 6) is 2.96. The van der Waals surface area contributed by atoms with E-state index < -0.39 is 10.4 Å². The van der Waals surface area contributed by atoms with E-state index in [9.17, 15) is 18.6 Å². The molecule has 4 aliphatic rings. The van der Waals surface area contributed by atoms with Gasteiger partial charge in [-0.3, -0.25) is 4.55 Å². The topological polar surface area (TPSA) is 104 Å². The van der Waals surface area contributed by atoms with E-state index in [0.717, 1.165) is 32.1 Å². The van der Waals surface area contributed by atoms with Gasteiger partial charge >= 0.3 is 10.4 Å². The lowest BCUT2D eigenvalue weighted by Gasteiger charge is -2.62. The highest BCUT2D eigenvalue weighted by Gasteiger charge is 2.62. The van der Waals surface area contributed by atoms with Crippen LogP contribution in [-0.2, 0) is 14.6 Å². The Hall–Kier alpha value is -0.210. The Morgan fingerprint density at radius 3 is 2.39 bits per heavy atom. The van der Waals surface area contributed by atoms with Gasteiger partial charge < -0.3 is 10.2 Å². The van der Waals surface area contributed by atoms with Crippen LogP contribution in [0.15, 0.2) is 0 Å². The molecule has 0 aromatic rings. The Labute approximate surface area is 188 Å². The first-order valence-electron chi connectivity index (χ1n) is 12.4. The highest BCUT2D eigenvalue weighted by molar-refractivity contribution is 7.80. The average molecular weight is 459 g/mol. The Bertz CT molecular complexity index is 755. The minimum atomic E-state index is -4.35. The van der Waals surface area contributed by atoms with Crippen LogP contribution in [0.5, 0.6) is 0 Å². The van der Waals surface area contributed by atoms with Crippen molar-refractivity contribution in [2.24, 2.45) is 46.3 Å². The van der Waals surface area contributed by atoms with Gasteiger partial charge in [-0.25, -0.2) is 4.18 Å². The minimum Gasteiger partial charge on any atom is -0.393 e. The molecule has 4 aliphatic carbocycles. The molecule has 31 heavy (non-hydrogen) atoms. The van der Waals surface area contributed by atoms with Gasteiger partial charge in [-0.1, -0.05) is 20.8 Å². The molecule has 0 spiro atoms. The van der Waals surface area contributed by atoms with Crippen LogP contribution in [0.2, 0.25) is 0 Å². The van der Waals surface area contributed by atoms with Crippen molar-refractivity contribution in [3.8, 4) is 0 Å². The van der Waals surface area contributed by atoms with Crippen LogP contribution in [0.3, 0.4) is 0 Å². The first-order valence-corrected chi connectivity index (χ1v) is 13.8. The van der Waals surface area contributed by atoms with Gasteiger partial charge in [0.25, 0.3) is 0 Å². The lowest BCUT2D eigenvalue weighted by molar-refractivity contribution is -0.174. The Balaban J connectivity index is 1.45. The molecule has 0 amide bonds. The van der Waals surface area contributed by atoms with E-state index in [0.29, 0.717) is 41.9 Å². The zero-order valence-corrected chi connectivity index (χ0v) is 20.2. The third kappa shape index (κ3) is 4.34. The van der Waals surface area contributed by atoms with E-state index in [1.165, 1.54) is 25.7 Å². The fourth-order valence-corrected chi connectivity index (χ4v) is 9.27. The van der Waals surface area contributed by atoms with E-state index in [1.807, 2.05) is 0 Å². The Kier molecular flexibility index (Phi) is 6.59. The first kappa shape index (κ1) is 23.9. The number of rotatable bonds is 6. The molecule has 10 atom stereocenters. The third-order valence-corrected chi connectivity index (χ3v) is 10.9. The third-order valence-electron chi connectivity index (χ3n) is 10.5. The molecule has 0 aliphatic heterocycles. The SMILES string of the molecule is C[C@H](CCCOS(=O)(=O)O)[C@H]1CC[C@H]2[C@@H]3[C@@H](O)C[C@@H]4C[C@H](O)CC[C@]4(C)[C@H]3CC[C@]12C. The fraction of sp³-hybridized carbons (Fsp3) is 1.00. The Morgan fingerprint density at radius 1 is 1.00 bits per heavy atom. The van der Waals surface area contributed by atoms with Crippen LogP contribution in [0.4, 0.5) is 0 Å². The zero-order chi connectivity index (χ0) is 22.6. The second-order valence-electron chi connectivity index (χ2n) is 11.8. The summed E-state index contributed by atoms with van der Waals surface area (Å²) in [5.41, 5.74) is 0.476. The maximum Gasteiger partial charge on any atom is 0.397 e. The van der Waals surface area contributed by atoms with Crippen LogP contribution in [0.1, 0.15) is 85.0 Å². The normalized spacial score (nSPS) is 48.5. The molecule has 4 saturated carbocycles. The van der Waals surface area contributed by atoms with Crippen LogP contribution in [-0.4, -0.2) is 42.0 Å². The predicted octanol–water partition coefficient (Wildman–Crippen LogP) is 4.21. The highest BCUT2D eigenvalue weighted by Crippen LogP contribution is 2.68. The standard InChI is InChI=1S/C24H42O6S/c1-15(5-4-12-30-31(27,28)29)18-6-7-19-22-20(9-11-24(18,19)3)23(2)10-8-17(25)13-16(23)14-21(22)26/h15-22,25-26H,4-14H2,1-3H3,(H,27,28,29)/t15-,16+,17-,18-,19+,20+,21+,22+,23+,24-/m1/s1. The van der Waals surface area contributed by atoms with Crippen molar-refractivity contribution in [3.05, 3.63) is 0 Å². The molecule has 0 bridgehead atoms. The molecule has 180 valence electrons. The van der Waals surface area contributed by atoms with Crippen LogP contribution in [0, 0.1) is 46.3 Å². The second kappa shape index (κ2) is 8.53. The van der Waals surface area contributed by atoms with Gasteiger partial charge in [0.15, 0.2) is 0 Å². The molecule has 0 heterocycles. The number of hydrogen-bond acceptors (Lipinski definition) is 5. The number of hydrogen-bond donors (Lipinski definition) is 3. The van der Waals surface area contributed by atoms with E-state index in [-0.39, 0.29) is 29.6 Å². The van der Waals surface area contributed by atoms with Crippen molar-refractivity contribution < 1.29 is 27.4 Å². The van der Waals surface area contributed by atoms with Gasteiger partial charge in [-0.2, -0.15) is 8.42 Å². The number of aliphatic hydroxyl groups excluding tert-OH is 2. The first-order chi connectivity index (χ1) is 14.5. The monoisotopic (exact) mass is 458 g/mol. The molecule has 4 rings (SSSR count). The van der Waals surface area contributed by atoms with E-state index in [2.05, 4.69) is 25.0 Å². The van der Waals surface area contributed by atoms with Gasteiger partial charge in [-0.15, -0.1) is 0 Å². The number of aliphatic hydroxyl groups is 2. The lowest BCUT2D eigenvalue weighted by atomic mass is 9.43. The molecule has 0 saturated heterocycles. The summed E-state index contributed by atoms with van der Waals surface area (Å²) in [6.07, 6.45) is 9.46. The van der Waals surface area contributed by atoms with E-state index >= 15 is 0 Å². The maximum absolute atomic E-state index is 11.3. The molecule has 0 aromatic carbocycles. The summed E-state index contributed by atoms with van der Waals surface area (Å²) in [5, 5.41) is 21.5. The van der Waals surface area contributed by atoms with Crippen molar-refractivity contribution in [2.45, 2.75) is 97.2 Å². The van der Waals surface area contributed by atoms with Gasteiger partial charge in [0.1, 0.15) is 0 Å². The molecular formula is C24H42O6S. The van der Waals surface area contributed by atoms with Crippen molar-refractivity contribution in [1.29, 1.82) is 0 Å². The Morgan fingerprint density at radius 2 is 1.68 bits per heavy atom. The van der Waals surface area contributed by atoms with E-state index in [4.69, 9.17) is 4.55 Å². The summed E-state index contributed by atoms with van der Waals surface area (Å²) in [6.45, 7) is 7.20. The summed E-state index contributed by atoms with van der Waals surface area (Å²) in [7, 11) is -4.35. The molecule has 0 radical (unpaired) electrons. The van der Waals surface area contributed by atoms with Gasteiger partial charge in [0, 0.05) is 0 Å². The summed E-state index contributed by atoms with van der Waals surface area (Å²) in [4.78, 5) is 0. The molecule has 0 aromatic heterocycles. The fourth-order valence-electron chi connectivity index (χ4n) is 8.95. The second-order valence-corrected chi connectivity index (χ2v) is 12.9. The quantitative estimate of drug-likeness (QED) is 0.407. The molecule has 6 nitrogen and oxygen atoms in total. The van der Waals surface area contributed by atoms with E-state index in [1.54, 1.807) is 0 Å². The minimum absolute atomic E-state index is 0.0328. The summed E-state index contributed by atoms with van der Waals surface area (Å²) >= 11 is 0. The highest BCUT2D eigenvalue weighted by atomic mass is 32.3. The predicted molar refractivity (Wildman–Crippen MR) is 119 cm³/mol. The smallest absolute Gasteiger partial charge is 0.393 e. The van der Waals surface area contributed by atoms with Crippen LogP contribution in [0.25, 0.3) is 0 Å². The van der Waals surface area contributed by atoms with Gasteiger partial charge in [0.05, 0.1) is 18.8 Å². The van der Waals surface area contributed by atoms with Crippen molar-refractivity contribution in [2.75, 3.05) is 6.61 Å². The van der Waals surface area contributed by atoms with Crippen molar-refractivity contribution in [1.82, 2.24) is 0 Å². The molecule has 3 N–H and O–H groups in total. The molecule has 7 heteroatoms. The molecular weight excluding hydrogens is 416 g/mol. The van der Waals surface area contributed by atoms with Gasteiger partial charge in [-0.05, 0) is 111 Å². The van der Waals surface area contributed by atoms with Crippen molar-refractivity contribution >= 4 is 10.4 Å².